The summed E-state index contributed by atoms with van der Waals surface area (Å²) in [6, 6.07) is 3.60. The third-order valence-corrected chi connectivity index (χ3v) is 13.1. The van der Waals surface area contributed by atoms with E-state index in [1.807, 2.05) is 0 Å². The molecule has 2 atom stereocenters. The standard InChI is InChI=1S/C29H52O4Si/c1-11-34(12-2,13-3)33-27(6,7)19-15-20-28(8)26(32-28)22-29(21-18-23(4)5)24(30-9)16-14-17-25(29)31-10/h16-18,26H,11-15,19-22H2,1-10H3. The van der Waals surface area contributed by atoms with Crippen molar-refractivity contribution in [3.05, 3.63) is 35.3 Å². The number of methoxy groups -OCH3 is 2. The minimum Gasteiger partial charge on any atom is -0.500 e. The van der Waals surface area contributed by atoms with Gasteiger partial charge in [-0.2, -0.15) is 0 Å². The van der Waals surface area contributed by atoms with Crippen LogP contribution in [0.5, 0.6) is 0 Å². The smallest absolute Gasteiger partial charge is 0.192 e. The molecule has 4 nitrogen and oxygen atoms in total. The predicted octanol–water partition coefficient (Wildman–Crippen LogP) is 8.31. The lowest BCUT2D eigenvalue weighted by Gasteiger charge is -2.38. The molecule has 2 unspecified atom stereocenters. The average molecular weight is 493 g/mol. The Morgan fingerprint density at radius 2 is 1.65 bits per heavy atom. The molecule has 2 rings (SSSR count). The van der Waals surface area contributed by atoms with Crippen LogP contribution in [-0.2, 0) is 18.6 Å². The summed E-state index contributed by atoms with van der Waals surface area (Å²) in [4.78, 5) is 0. The van der Waals surface area contributed by atoms with Crippen molar-refractivity contribution in [2.75, 3.05) is 14.2 Å². The first kappa shape index (κ1) is 29.2. The molecule has 0 aromatic rings. The maximum Gasteiger partial charge on any atom is 0.192 e. The molecule has 1 aliphatic carbocycles. The molecule has 0 N–H and O–H groups in total. The van der Waals surface area contributed by atoms with E-state index in [0.717, 1.165) is 50.0 Å². The van der Waals surface area contributed by atoms with Gasteiger partial charge >= 0.3 is 0 Å². The Bertz CT molecular complexity index is 730. The van der Waals surface area contributed by atoms with Crippen molar-refractivity contribution in [2.45, 2.75) is 129 Å². The van der Waals surface area contributed by atoms with Gasteiger partial charge in [-0.25, -0.2) is 0 Å². The molecular weight excluding hydrogens is 440 g/mol. The van der Waals surface area contributed by atoms with Crippen LogP contribution in [0.15, 0.2) is 35.3 Å². The van der Waals surface area contributed by atoms with Crippen LogP contribution < -0.4 is 0 Å². The summed E-state index contributed by atoms with van der Waals surface area (Å²) in [5.74, 6) is 2.02. The molecule has 1 fully saturated rings. The van der Waals surface area contributed by atoms with Crippen molar-refractivity contribution in [3.8, 4) is 0 Å². The molecule has 1 heterocycles. The van der Waals surface area contributed by atoms with Crippen LogP contribution in [-0.4, -0.2) is 39.8 Å². The van der Waals surface area contributed by atoms with E-state index in [1.54, 1.807) is 14.2 Å². The Kier molecular flexibility index (Phi) is 10.1. The first-order chi connectivity index (χ1) is 15.9. The third kappa shape index (κ3) is 6.79. The van der Waals surface area contributed by atoms with Crippen LogP contribution in [0.25, 0.3) is 0 Å². The Labute approximate surface area is 211 Å². The second-order valence-corrected chi connectivity index (χ2v) is 16.1. The van der Waals surface area contributed by atoms with Crippen LogP contribution >= 0.6 is 0 Å². The molecular formula is C29H52O4Si. The number of hydrogen-bond acceptors (Lipinski definition) is 4. The van der Waals surface area contributed by atoms with Crippen molar-refractivity contribution in [1.82, 2.24) is 0 Å². The highest BCUT2D eigenvalue weighted by atomic mass is 28.4. The fraction of sp³-hybridized carbons (Fsp3) is 0.793. The maximum absolute atomic E-state index is 6.83. The maximum atomic E-state index is 6.83. The predicted molar refractivity (Wildman–Crippen MR) is 145 cm³/mol. The Morgan fingerprint density at radius 3 is 2.12 bits per heavy atom. The molecule has 1 aliphatic heterocycles. The van der Waals surface area contributed by atoms with Crippen LogP contribution in [0.3, 0.4) is 0 Å². The molecule has 1 saturated heterocycles. The summed E-state index contributed by atoms with van der Waals surface area (Å²) >= 11 is 0. The molecule has 0 spiro atoms. The number of allylic oxidation sites excluding steroid dienone is 4. The van der Waals surface area contributed by atoms with Gasteiger partial charge in [0.2, 0.25) is 0 Å². The topological polar surface area (TPSA) is 40.2 Å². The van der Waals surface area contributed by atoms with E-state index in [4.69, 9.17) is 18.6 Å². The lowest BCUT2D eigenvalue weighted by molar-refractivity contribution is 0.0807. The van der Waals surface area contributed by atoms with Crippen molar-refractivity contribution in [3.63, 3.8) is 0 Å². The summed E-state index contributed by atoms with van der Waals surface area (Å²) in [7, 11) is 1.96. The van der Waals surface area contributed by atoms with Crippen LogP contribution in [0.2, 0.25) is 18.1 Å². The molecule has 0 saturated carbocycles. The minimum atomic E-state index is -1.61. The van der Waals surface area contributed by atoms with E-state index in [1.165, 1.54) is 23.7 Å². The summed E-state index contributed by atoms with van der Waals surface area (Å²) in [5, 5.41) is 0. The third-order valence-electron chi connectivity index (χ3n) is 8.30. The number of rotatable bonds is 15. The molecule has 0 amide bonds. The first-order valence-electron chi connectivity index (χ1n) is 13.5. The summed E-state index contributed by atoms with van der Waals surface area (Å²) in [5.41, 5.74) is 0.862. The van der Waals surface area contributed by atoms with Crippen molar-refractivity contribution >= 4 is 8.32 Å². The zero-order valence-electron chi connectivity index (χ0n) is 23.8. The normalized spacial score (nSPS) is 24.2. The average Bonchev–Trinajstić information content (AvgIpc) is 3.44. The lowest BCUT2D eigenvalue weighted by atomic mass is 9.71. The molecule has 0 aromatic carbocycles. The molecule has 0 aromatic heterocycles. The number of hydrogen-bond donors (Lipinski definition) is 0. The van der Waals surface area contributed by atoms with Gasteiger partial charge in [0.05, 0.1) is 36.9 Å². The van der Waals surface area contributed by atoms with E-state index >= 15 is 0 Å². The van der Waals surface area contributed by atoms with E-state index in [0.29, 0.717) is 0 Å². The lowest BCUT2D eigenvalue weighted by Crippen LogP contribution is -2.44. The Hall–Kier alpha value is -1.04. The molecule has 0 radical (unpaired) electrons. The largest absolute Gasteiger partial charge is 0.500 e. The van der Waals surface area contributed by atoms with Gasteiger partial charge in [-0.3, -0.25) is 0 Å². The van der Waals surface area contributed by atoms with Crippen LogP contribution in [0, 0.1) is 5.41 Å². The van der Waals surface area contributed by atoms with Crippen molar-refractivity contribution in [2.24, 2.45) is 5.41 Å². The number of epoxide rings is 1. The van der Waals surface area contributed by atoms with Gasteiger partial charge in [-0.1, -0.05) is 32.4 Å². The molecule has 196 valence electrons. The minimum absolute atomic E-state index is 0.0685. The van der Waals surface area contributed by atoms with Gasteiger partial charge in [0.15, 0.2) is 8.32 Å². The second-order valence-electron chi connectivity index (χ2n) is 11.4. The highest BCUT2D eigenvalue weighted by Gasteiger charge is 2.57. The second kappa shape index (κ2) is 11.8. The Morgan fingerprint density at radius 1 is 1.09 bits per heavy atom. The molecule has 0 bridgehead atoms. The molecule has 34 heavy (non-hydrogen) atoms. The zero-order valence-corrected chi connectivity index (χ0v) is 24.8. The van der Waals surface area contributed by atoms with Gasteiger partial charge in [-0.05, 0) is 103 Å². The van der Waals surface area contributed by atoms with Crippen molar-refractivity contribution < 1.29 is 18.6 Å². The monoisotopic (exact) mass is 492 g/mol. The van der Waals surface area contributed by atoms with Gasteiger partial charge in [-0.15, -0.1) is 0 Å². The number of ether oxygens (including phenoxy) is 3. The van der Waals surface area contributed by atoms with Crippen LogP contribution in [0.1, 0.15) is 93.9 Å². The summed E-state index contributed by atoms with van der Waals surface area (Å²) in [6.45, 7) is 18.1. The van der Waals surface area contributed by atoms with E-state index in [9.17, 15) is 0 Å². The molecule has 2 aliphatic rings. The van der Waals surface area contributed by atoms with Crippen molar-refractivity contribution in [1.29, 1.82) is 0 Å². The zero-order chi connectivity index (χ0) is 25.6. The van der Waals surface area contributed by atoms with Gasteiger partial charge in [0, 0.05) is 0 Å². The SMILES string of the molecule is CC[Si](CC)(CC)OC(C)(C)CCCC1(C)OC1CC1(CC=C(C)C)C(OC)=CCC=C1OC. The fourth-order valence-electron chi connectivity index (χ4n) is 5.76. The first-order valence-corrected chi connectivity index (χ1v) is 16.0. The van der Waals surface area contributed by atoms with E-state index in [2.05, 4.69) is 73.6 Å². The van der Waals surface area contributed by atoms with Gasteiger partial charge in [0.25, 0.3) is 0 Å². The fourth-order valence-corrected chi connectivity index (χ4v) is 8.97. The summed E-state index contributed by atoms with van der Waals surface area (Å²) in [6.07, 6.45) is 12.7. The highest BCUT2D eigenvalue weighted by molar-refractivity contribution is 6.73. The molecule has 5 heteroatoms. The quantitative estimate of drug-likeness (QED) is 0.131. The van der Waals surface area contributed by atoms with E-state index in [-0.39, 0.29) is 22.7 Å². The van der Waals surface area contributed by atoms with E-state index < -0.39 is 8.32 Å². The Balaban J connectivity index is 2.06. The highest BCUT2D eigenvalue weighted by Crippen LogP contribution is 2.54. The van der Waals surface area contributed by atoms with Crippen LogP contribution in [0.4, 0.5) is 0 Å². The summed E-state index contributed by atoms with van der Waals surface area (Å²) < 4.78 is 25.0. The van der Waals surface area contributed by atoms with Gasteiger partial charge < -0.3 is 18.6 Å². The van der Waals surface area contributed by atoms with Gasteiger partial charge in [0.1, 0.15) is 11.5 Å².